The van der Waals surface area contributed by atoms with E-state index >= 15 is 0 Å². The second kappa shape index (κ2) is 8.13. The van der Waals surface area contributed by atoms with Crippen LogP contribution in [0.2, 0.25) is 0 Å². The van der Waals surface area contributed by atoms with Gasteiger partial charge in [0.15, 0.2) is 0 Å². The average Bonchev–Trinajstić information content (AvgIpc) is 2.98. The smallest absolute Gasteiger partial charge is 0.0898 e. The summed E-state index contributed by atoms with van der Waals surface area (Å²) in [7, 11) is 0. The predicted octanol–water partition coefficient (Wildman–Crippen LogP) is 3.35. The third-order valence-corrected chi connectivity index (χ3v) is 4.89. The van der Waals surface area contributed by atoms with E-state index in [2.05, 4.69) is 36.0 Å². The molecule has 0 spiro atoms. The molecule has 0 amide bonds. The summed E-state index contributed by atoms with van der Waals surface area (Å²) in [5.41, 5.74) is 1.28. The first-order valence-corrected chi connectivity index (χ1v) is 8.64. The number of nitrogens with one attached hydrogen (secondary N) is 1. The quantitative estimate of drug-likeness (QED) is 0.811. The lowest BCUT2D eigenvalue weighted by molar-refractivity contribution is -0.0283. The Morgan fingerprint density at radius 2 is 2.15 bits per heavy atom. The molecule has 1 fully saturated rings. The molecule has 114 valence electrons. The highest BCUT2D eigenvalue weighted by Gasteiger charge is 2.19. The molecule has 1 aromatic heterocycles. The average molecular weight is 297 g/mol. The molecule has 1 aliphatic carbocycles. The highest BCUT2D eigenvalue weighted by atomic mass is 32.1. The van der Waals surface area contributed by atoms with E-state index in [9.17, 15) is 5.11 Å². The van der Waals surface area contributed by atoms with E-state index in [1.165, 1.54) is 18.4 Å². The molecule has 3 nitrogen and oxygen atoms in total. The maximum atomic E-state index is 9.99. The fraction of sp³-hybridized carbons (Fsp3) is 0.750. The number of hydrogen-bond acceptors (Lipinski definition) is 4. The van der Waals surface area contributed by atoms with E-state index in [1.807, 2.05) is 0 Å². The Morgan fingerprint density at radius 1 is 1.40 bits per heavy atom. The van der Waals surface area contributed by atoms with Crippen molar-refractivity contribution in [2.75, 3.05) is 13.2 Å². The van der Waals surface area contributed by atoms with Crippen LogP contribution in [0.5, 0.6) is 0 Å². The predicted molar refractivity (Wildman–Crippen MR) is 84.1 cm³/mol. The maximum absolute atomic E-state index is 9.99. The van der Waals surface area contributed by atoms with Gasteiger partial charge >= 0.3 is 0 Å². The lowest BCUT2D eigenvalue weighted by atomic mass is 9.89. The van der Waals surface area contributed by atoms with Crippen molar-refractivity contribution in [2.24, 2.45) is 5.92 Å². The Labute approximate surface area is 126 Å². The zero-order valence-electron chi connectivity index (χ0n) is 12.5. The van der Waals surface area contributed by atoms with Crippen molar-refractivity contribution < 1.29 is 9.84 Å². The Morgan fingerprint density at radius 3 is 2.80 bits per heavy atom. The molecule has 4 heteroatoms. The standard InChI is InChI=1S/C16H27NO2S/c1-12-3-5-16(6-4-12)19-10-15(18)9-17-13(2)14-7-8-20-11-14/h7-8,11-13,15-18H,3-6,9-10H2,1-2H3. The third kappa shape index (κ3) is 5.17. The zero-order valence-corrected chi connectivity index (χ0v) is 13.4. The fourth-order valence-electron chi connectivity index (χ4n) is 2.65. The van der Waals surface area contributed by atoms with Gasteiger partial charge in [0.2, 0.25) is 0 Å². The number of thiophene rings is 1. The van der Waals surface area contributed by atoms with E-state index in [-0.39, 0.29) is 6.04 Å². The van der Waals surface area contributed by atoms with Gasteiger partial charge in [-0.05, 0) is 60.9 Å². The van der Waals surface area contributed by atoms with Crippen LogP contribution in [-0.2, 0) is 4.74 Å². The lowest BCUT2D eigenvalue weighted by Crippen LogP contribution is -2.34. The van der Waals surface area contributed by atoms with Crippen molar-refractivity contribution in [3.63, 3.8) is 0 Å². The summed E-state index contributed by atoms with van der Waals surface area (Å²) in [6.07, 6.45) is 4.74. The van der Waals surface area contributed by atoms with E-state index < -0.39 is 6.10 Å². The first kappa shape index (κ1) is 16.0. The minimum Gasteiger partial charge on any atom is -0.389 e. The van der Waals surface area contributed by atoms with Gasteiger partial charge in [0, 0.05) is 12.6 Å². The van der Waals surface area contributed by atoms with Crippen LogP contribution < -0.4 is 5.32 Å². The normalized spacial score (nSPS) is 26.4. The van der Waals surface area contributed by atoms with Crippen LogP contribution in [0, 0.1) is 5.92 Å². The van der Waals surface area contributed by atoms with Crippen molar-refractivity contribution in [2.45, 2.75) is 57.8 Å². The second-order valence-corrected chi connectivity index (χ2v) is 6.84. The van der Waals surface area contributed by atoms with Crippen molar-refractivity contribution >= 4 is 11.3 Å². The topological polar surface area (TPSA) is 41.5 Å². The van der Waals surface area contributed by atoms with Crippen molar-refractivity contribution in [3.05, 3.63) is 22.4 Å². The molecule has 2 N–H and O–H groups in total. The molecule has 0 saturated heterocycles. The molecule has 1 saturated carbocycles. The van der Waals surface area contributed by atoms with Crippen LogP contribution in [0.15, 0.2) is 16.8 Å². The maximum Gasteiger partial charge on any atom is 0.0898 e. The summed E-state index contributed by atoms with van der Waals surface area (Å²) in [6.45, 7) is 5.46. The molecule has 20 heavy (non-hydrogen) atoms. The SMILES string of the molecule is CC1CCC(OCC(O)CNC(C)c2ccsc2)CC1. The molecular formula is C16H27NO2S. The second-order valence-electron chi connectivity index (χ2n) is 6.06. The summed E-state index contributed by atoms with van der Waals surface area (Å²) in [5, 5.41) is 17.6. The molecule has 0 aliphatic heterocycles. The van der Waals surface area contributed by atoms with E-state index in [4.69, 9.17) is 4.74 Å². The first-order chi connectivity index (χ1) is 9.65. The molecule has 1 heterocycles. The molecule has 0 radical (unpaired) electrons. The van der Waals surface area contributed by atoms with Gasteiger partial charge in [-0.25, -0.2) is 0 Å². The van der Waals surface area contributed by atoms with Crippen LogP contribution in [0.4, 0.5) is 0 Å². The molecule has 0 aromatic carbocycles. The highest BCUT2D eigenvalue weighted by Crippen LogP contribution is 2.25. The van der Waals surface area contributed by atoms with Crippen molar-refractivity contribution in [1.29, 1.82) is 0 Å². The highest BCUT2D eigenvalue weighted by molar-refractivity contribution is 7.07. The third-order valence-electron chi connectivity index (χ3n) is 4.19. The lowest BCUT2D eigenvalue weighted by Gasteiger charge is -2.27. The molecule has 0 bridgehead atoms. The van der Waals surface area contributed by atoms with Gasteiger partial charge in [-0.1, -0.05) is 6.92 Å². The van der Waals surface area contributed by atoms with Gasteiger partial charge in [-0.2, -0.15) is 11.3 Å². The summed E-state index contributed by atoms with van der Waals surface area (Å²) in [4.78, 5) is 0. The van der Waals surface area contributed by atoms with Gasteiger partial charge in [-0.3, -0.25) is 0 Å². The van der Waals surface area contributed by atoms with Gasteiger partial charge in [0.05, 0.1) is 18.8 Å². The van der Waals surface area contributed by atoms with Crippen LogP contribution >= 0.6 is 11.3 Å². The van der Waals surface area contributed by atoms with E-state index in [0.717, 1.165) is 18.8 Å². The van der Waals surface area contributed by atoms with Gasteiger partial charge in [0.25, 0.3) is 0 Å². The summed E-state index contributed by atoms with van der Waals surface area (Å²) in [5.74, 6) is 0.841. The zero-order chi connectivity index (χ0) is 14.4. The molecule has 2 rings (SSSR count). The Hall–Kier alpha value is -0.420. The van der Waals surface area contributed by atoms with Gasteiger partial charge in [0.1, 0.15) is 0 Å². The van der Waals surface area contributed by atoms with Gasteiger partial charge in [-0.15, -0.1) is 0 Å². The van der Waals surface area contributed by atoms with Crippen molar-refractivity contribution in [1.82, 2.24) is 5.32 Å². The number of ether oxygens (including phenoxy) is 1. The Bertz CT molecular complexity index is 361. The first-order valence-electron chi connectivity index (χ1n) is 7.70. The summed E-state index contributed by atoms with van der Waals surface area (Å²) >= 11 is 1.70. The van der Waals surface area contributed by atoms with Crippen LogP contribution in [-0.4, -0.2) is 30.5 Å². The molecular weight excluding hydrogens is 270 g/mol. The number of hydrogen-bond donors (Lipinski definition) is 2. The fourth-order valence-corrected chi connectivity index (χ4v) is 3.41. The van der Waals surface area contributed by atoms with Gasteiger partial charge < -0.3 is 15.2 Å². The molecule has 1 aliphatic rings. The number of aliphatic hydroxyl groups is 1. The molecule has 2 unspecified atom stereocenters. The minimum atomic E-state index is -0.421. The van der Waals surface area contributed by atoms with E-state index in [0.29, 0.717) is 19.3 Å². The van der Waals surface area contributed by atoms with Crippen LogP contribution in [0.3, 0.4) is 0 Å². The monoisotopic (exact) mass is 297 g/mol. The largest absolute Gasteiger partial charge is 0.389 e. The summed E-state index contributed by atoms with van der Waals surface area (Å²) < 4.78 is 5.83. The van der Waals surface area contributed by atoms with E-state index in [1.54, 1.807) is 11.3 Å². The molecule has 1 aromatic rings. The number of rotatable bonds is 7. The summed E-state index contributed by atoms with van der Waals surface area (Å²) in [6, 6.07) is 2.40. The molecule has 2 atom stereocenters. The van der Waals surface area contributed by atoms with Crippen LogP contribution in [0.1, 0.15) is 51.1 Å². The minimum absolute atomic E-state index is 0.284. The Balaban J connectivity index is 1.59. The van der Waals surface area contributed by atoms with Crippen molar-refractivity contribution in [3.8, 4) is 0 Å². The Kier molecular flexibility index (Phi) is 6.49. The number of aliphatic hydroxyl groups excluding tert-OH is 1. The van der Waals surface area contributed by atoms with Crippen LogP contribution in [0.25, 0.3) is 0 Å².